The molecular weight excluding hydrogens is 258 g/mol. The Morgan fingerprint density at radius 3 is 2.70 bits per heavy atom. The van der Waals surface area contributed by atoms with Gasteiger partial charge in [0.15, 0.2) is 0 Å². The summed E-state index contributed by atoms with van der Waals surface area (Å²) in [5.41, 5.74) is 0. The van der Waals surface area contributed by atoms with Gasteiger partial charge in [0.1, 0.15) is 5.76 Å². The molecule has 0 spiro atoms. The van der Waals surface area contributed by atoms with E-state index in [0.29, 0.717) is 12.0 Å². The Labute approximate surface area is 119 Å². The Hall–Kier alpha value is -1.33. The molecule has 1 aromatic heterocycles. The third-order valence-corrected chi connectivity index (χ3v) is 3.93. The lowest BCUT2D eigenvalue weighted by molar-refractivity contribution is 0.0534. The van der Waals surface area contributed by atoms with E-state index in [1.54, 1.807) is 6.07 Å². The molecule has 0 aromatic carbocycles. The number of esters is 1. The zero-order valence-corrected chi connectivity index (χ0v) is 12.3. The van der Waals surface area contributed by atoms with Crippen LogP contribution in [0.3, 0.4) is 0 Å². The van der Waals surface area contributed by atoms with Gasteiger partial charge in [0.05, 0.1) is 13.2 Å². The zero-order valence-electron chi connectivity index (χ0n) is 12.3. The van der Waals surface area contributed by atoms with Gasteiger partial charge in [0.25, 0.3) is 0 Å². The monoisotopic (exact) mass is 281 g/mol. The van der Waals surface area contributed by atoms with Crippen molar-refractivity contribution in [2.45, 2.75) is 38.8 Å². The smallest absolute Gasteiger partial charge is 0.373 e. The molecule has 1 aliphatic rings. The van der Waals surface area contributed by atoms with Crippen LogP contribution in [0.5, 0.6) is 0 Å². The number of ether oxygens (including phenoxy) is 2. The van der Waals surface area contributed by atoms with Gasteiger partial charge in [-0.2, -0.15) is 0 Å². The first-order chi connectivity index (χ1) is 9.61. The average molecular weight is 281 g/mol. The van der Waals surface area contributed by atoms with E-state index in [9.17, 15) is 4.79 Å². The average Bonchev–Trinajstić information content (AvgIpc) is 2.97. The predicted octanol–water partition coefficient (Wildman–Crippen LogP) is 2.53. The summed E-state index contributed by atoms with van der Waals surface area (Å²) in [6.45, 7) is 5.92. The van der Waals surface area contributed by atoms with Gasteiger partial charge in [-0.15, -0.1) is 0 Å². The standard InChI is InChI=1S/C15H23NO4/c1-10(12-6-8-19-9-7-12)16-11(2)13-4-5-14(20-13)15(17)18-3/h4-5,10-12,16H,6-9H2,1-3H3/t10-,11-/m1/s1. The molecule has 1 aliphatic heterocycles. The largest absolute Gasteiger partial charge is 0.463 e. The van der Waals surface area contributed by atoms with Crippen molar-refractivity contribution >= 4 is 5.97 Å². The molecule has 2 atom stereocenters. The molecule has 0 aliphatic carbocycles. The first-order valence-corrected chi connectivity index (χ1v) is 7.13. The van der Waals surface area contributed by atoms with Gasteiger partial charge in [0, 0.05) is 19.3 Å². The summed E-state index contributed by atoms with van der Waals surface area (Å²) in [7, 11) is 1.35. The maximum Gasteiger partial charge on any atom is 0.373 e. The summed E-state index contributed by atoms with van der Waals surface area (Å²) in [6, 6.07) is 3.92. The summed E-state index contributed by atoms with van der Waals surface area (Å²) in [6.07, 6.45) is 2.18. The molecule has 1 fully saturated rings. The van der Waals surface area contributed by atoms with Crippen LogP contribution in [-0.4, -0.2) is 32.3 Å². The second-order valence-electron chi connectivity index (χ2n) is 5.32. The number of carbonyl (C=O) groups is 1. The van der Waals surface area contributed by atoms with Gasteiger partial charge in [-0.25, -0.2) is 4.79 Å². The van der Waals surface area contributed by atoms with E-state index in [0.717, 1.165) is 31.8 Å². The van der Waals surface area contributed by atoms with Crippen LogP contribution in [0.4, 0.5) is 0 Å². The normalized spacial score (nSPS) is 19.6. The van der Waals surface area contributed by atoms with Gasteiger partial charge in [-0.1, -0.05) is 0 Å². The lowest BCUT2D eigenvalue weighted by atomic mass is 9.92. The van der Waals surface area contributed by atoms with E-state index in [2.05, 4.69) is 17.0 Å². The quantitative estimate of drug-likeness (QED) is 0.840. The van der Waals surface area contributed by atoms with Crippen molar-refractivity contribution in [3.63, 3.8) is 0 Å². The fourth-order valence-electron chi connectivity index (χ4n) is 2.62. The van der Waals surface area contributed by atoms with Crippen molar-refractivity contribution in [2.24, 2.45) is 5.92 Å². The Morgan fingerprint density at radius 1 is 1.35 bits per heavy atom. The topological polar surface area (TPSA) is 60.7 Å². The third-order valence-electron chi connectivity index (χ3n) is 3.93. The molecule has 2 heterocycles. The van der Waals surface area contributed by atoms with E-state index in [1.165, 1.54) is 7.11 Å². The number of methoxy groups -OCH3 is 1. The van der Waals surface area contributed by atoms with Crippen molar-refractivity contribution in [2.75, 3.05) is 20.3 Å². The van der Waals surface area contributed by atoms with Crippen molar-refractivity contribution in [1.29, 1.82) is 0 Å². The molecule has 5 heteroatoms. The molecule has 5 nitrogen and oxygen atoms in total. The van der Waals surface area contributed by atoms with Crippen LogP contribution in [0.15, 0.2) is 16.5 Å². The summed E-state index contributed by atoms with van der Waals surface area (Å²) < 4.78 is 15.5. The van der Waals surface area contributed by atoms with E-state index in [4.69, 9.17) is 9.15 Å². The van der Waals surface area contributed by atoms with Crippen LogP contribution >= 0.6 is 0 Å². The molecule has 1 N–H and O–H groups in total. The molecule has 20 heavy (non-hydrogen) atoms. The molecular formula is C15H23NO4. The van der Waals surface area contributed by atoms with Crippen LogP contribution in [0.2, 0.25) is 0 Å². The van der Waals surface area contributed by atoms with Crippen LogP contribution in [0.1, 0.15) is 49.0 Å². The Morgan fingerprint density at radius 2 is 2.05 bits per heavy atom. The highest BCUT2D eigenvalue weighted by molar-refractivity contribution is 5.86. The summed E-state index contributed by atoms with van der Waals surface area (Å²) >= 11 is 0. The highest BCUT2D eigenvalue weighted by Gasteiger charge is 2.23. The molecule has 2 rings (SSSR count). The van der Waals surface area contributed by atoms with Gasteiger partial charge in [-0.3, -0.25) is 0 Å². The molecule has 0 amide bonds. The maximum atomic E-state index is 11.4. The van der Waals surface area contributed by atoms with Crippen LogP contribution in [-0.2, 0) is 9.47 Å². The SMILES string of the molecule is COC(=O)c1ccc([C@@H](C)N[C@H](C)C2CCOCC2)o1. The predicted molar refractivity (Wildman–Crippen MR) is 74.6 cm³/mol. The lowest BCUT2D eigenvalue weighted by Crippen LogP contribution is -2.38. The third kappa shape index (κ3) is 3.61. The fourth-order valence-corrected chi connectivity index (χ4v) is 2.62. The van der Waals surface area contributed by atoms with E-state index >= 15 is 0 Å². The summed E-state index contributed by atoms with van der Waals surface area (Å²) in [5.74, 6) is 1.18. The Kier molecular flexibility index (Phi) is 5.20. The fraction of sp³-hybridized carbons (Fsp3) is 0.667. The minimum absolute atomic E-state index is 0.0613. The molecule has 0 radical (unpaired) electrons. The van der Waals surface area contributed by atoms with Gasteiger partial charge >= 0.3 is 5.97 Å². The first kappa shape index (κ1) is 15.1. The first-order valence-electron chi connectivity index (χ1n) is 7.13. The van der Waals surface area contributed by atoms with Crippen LogP contribution in [0, 0.1) is 5.92 Å². The second-order valence-corrected chi connectivity index (χ2v) is 5.32. The maximum absolute atomic E-state index is 11.4. The summed E-state index contributed by atoms with van der Waals surface area (Å²) in [4.78, 5) is 11.4. The Bertz CT molecular complexity index is 437. The molecule has 1 saturated heterocycles. The molecule has 112 valence electrons. The number of rotatable bonds is 5. The van der Waals surface area contributed by atoms with Crippen LogP contribution in [0.25, 0.3) is 0 Å². The number of hydrogen-bond donors (Lipinski definition) is 1. The molecule has 1 aromatic rings. The summed E-state index contributed by atoms with van der Waals surface area (Å²) in [5, 5.41) is 3.53. The molecule has 0 saturated carbocycles. The van der Waals surface area contributed by atoms with Crippen molar-refractivity contribution < 1.29 is 18.7 Å². The highest BCUT2D eigenvalue weighted by Crippen LogP contribution is 2.23. The van der Waals surface area contributed by atoms with Crippen LogP contribution < -0.4 is 5.32 Å². The second kappa shape index (κ2) is 6.90. The van der Waals surface area contributed by atoms with E-state index < -0.39 is 5.97 Å². The number of furan rings is 1. The molecule has 0 bridgehead atoms. The van der Waals surface area contributed by atoms with E-state index in [1.807, 2.05) is 13.0 Å². The molecule has 0 unspecified atom stereocenters. The number of carbonyl (C=O) groups excluding carboxylic acids is 1. The van der Waals surface area contributed by atoms with Crippen molar-refractivity contribution in [3.05, 3.63) is 23.7 Å². The number of nitrogens with one attached hydrogen (secondary N) is 1. The highest BCUT2D eigenvalue weighted by atomic mass is 16.5. The zero-order chi connectivity index (χ0) is 14.5. The van der Waals surface area contributed by atoms with Gasteiger partial charge in [0.2, 0.25) is 5.76 Å². The number of hydrogen-bond acceptors (Lipinski definition) is 5. The van der Waals surface area contributed by atoms with Crippen molar-refractivity contribution in [3.8, 4) is 0 Å². The van der Waals surface area contributed by atoms with E-state index in [-0.39, 0.29) is 11.8 Å². The van der Waals surface area contributed by atoms with Gasteiger partial charge < -0.3 is 19.2 Å². The minimum atomic E-state index is -0.444. The Balaban J connectivity index is 1.91. The lowest BCUT2D eigenvalue weighted by Gasteiger charge is -2.30. The van der Waals surface area contributed by atoms with Gasteiger partial charge in [-0.05, 0) is 44.7 Å². The minimum Gasteiger partial charge on any atom is -0.463 e. The van der Waals surface area contributed by atoms with Crippen molar-refractivity contribution in [1.82, 2.24) is 5.32 Å².